The summed E-state index contributed by atoms with van der Waals surface area (Å²) in [6.45, 7) is 0. The highest BCUT2D eigenvalue weighted by molar-refractivity contribution is 6.30. The molecule has 140 valence electrons. The highest BCUT2D eigenvalue weighted by Gasteiger charge is 2.36. The minimum absolute atomic E-state index is 0.00318. The van der Waals surface area contributed by atoms with Gasteiger partial charge in [0.25, 0.3) is 0 Å². The Hall–Kier alpha value is -4.05. The SMILES string of the molecule is c1ccc2c(c1)N=C1c3cccc4c5ccc6[nH]c7ccccc7c6c5n(c34)C1N2. The molecule has 2 N–H and O–H groups in total. The van der Waals surface area contributed by atoms with Crippen molar-refractivity contribution in [2.75, 3.05) is 5.32 Å². The Kier molecular flexibility index (Phi) is 2.44. The minimum atomic E-state index is -0.00318. The van der Waals surface area contributed by atoms with Gasteiger partial charge < -0.3 is 14.9 Å². The number of hydrogen-bond acceptors (Lipinski definition) is 2. The van der Waals surface area contributed by atoms with E-state index in [0.717, 1.165) is 17.1 Å². The molecule has 0 saturated carbocycles. The molecule has 2 aromatic heterocycles. The zero-order valence-electron chi connectivity index (χ0n) is 16.0. The fourth-order valence-corrected chi connectivity index (χ4v) is 5.48. The molecule has 6 aromatic rings. The number of nitrogens with zero attached hydrogens (tertiary/aromatic N) is 2. The van der Waals surface area contributed by atoms with Crippen molar-refractivity contribution < 1.29 is 0 Å². The van der Waals surface area contributed by atoms with E-state index in [1.54, 1.807) is 0 Å². The van der Waals surface area contributed by atoms with Crippen LogP contribution in [0, 0.1) is 0 Å². The van der Waals surface area contributed by atoms with Gasteiger partial charge in [0.2, 0.25) is 0 Å². The van der Waals surface area contributed by atoms with Gasteiger partial charge in [-0.3, -0.25) is 0 Å². The Labute approximate surface area is 171 Å². The molecule has 8 rings (SSSR count). The summed E-state index contributed by atoms with van der Waals surface area (Å²) < 4.78 is 2.47. The van der Waals surface area contributed by atoms with Crippen LogP contribution in [0.25, 0.3) is 43.6 Å². The summed E-state index contributed by atoms with van der Waals surface area (Å²) in [5, 5.41) is 8.90. The normalized spacial score (nSPS) is 16.8. The van der Waals surface area contributed by atoms with Crippen LogP contribution in [-0.2, 0) is 0 Å². The number of H-pyrrole nitrogens is 1. The highest BCUT2D eigenvalue weighted by atomic mass is 15.2. The van der Waals surface area contributed by atoms with Gasteiger partial charge in [0.15, 0.2) is 0 Å². The molecule has 2 aliphatic rings. The third-order valence-corrected chi connectivity index (χ3v) is 6.68. The number of para-hydroxylation sites is 4. The second kappa shape index (κ2) is 4.92. The monoisotopic (exact) mass is 384 g/mol. The molecule has 1 atom stereocenters. The van der Waals surface area contributed by atoms with Crippen molar-refractivity contribution in [2.24, 2.45) is 4.99 Å². The van der Waals surface area contributed by atoms with Crippen molar-refractivity contribution in [3.8, 4) is 0 Å². The summed E-state index contributed by atoms with van der Waals surface area (Å²) in [5.41, 5.74) is 9.31. The predicted octanol–water partition coefficient (Wildman–Crippen LogP) is 6.49. The first-order valence-corrected chi connectivity index (χ1v) is 10.3. The van der Waals surface area contributed by atoms with Crippen molar-refractivity contribution in [3.63, 3.8) is 0 Å². The standard InChI is InChI=1S/C26H16N4/c1-2-9-18-16(6-1)22-21(27-18)13-12-15-14-7-5-8-17-23-26(30(24(14)17)25(15)22)29-20-11-4-3-10-19(20)28-23/h1-13,26-27,29H. The molecule has 0 bridgehead atoms. The minimum Gasteiger partial charge on any atom is -0.358 e. The van der Waals surface area contributed by atoms with E-state index in [2.05, 4.69) is 87.7 Å². The Bertz CT molecular complexity index is 1730. The number of anilines is 1. The van der Waals surface area contributed by atoms with Crippen LogP contribution >= 0.6 is 0 Å². The second-order valence-electron chi connectivity index (χ2n) is 8.19. The zero-order chi connectivity index (χ0) is 19.4. The summed E-state index contributed by atoms with van der Waals surface area (Å²) in [6, 6.07) is 28.0. The van der Waals surface area contributed by atoms with Crippen molar-refractivity contribution in [3.05, 3.63) is 84.4 Å². The van der Waals surface area contributed by atoms with Crippen molar-refractivity contribution in [1.29, 1.82) is 0 Å². The molecular formula is C26H16N4. The fraction of sp³-hybridized carbons (Fsp3) is 0.0385. The fourth-order valence-electron chi connectivity index (χ4n) is 5.48. The lowest BCUT2D eigenvalue weighted by Gasteiger charge is -2.25. The second-order valence-corrected chi connectivity index (χ2v) is 8.19. The molecule has 4 heteroatoms. The molecule has 1 unspecified atom stereocenters. The van der Waals surface area contributed by atoms with Crippen LogP contribution in [0.5, 0.6) is 0 Å². The first kappa shape index (κ1) is 14.9. The van der Waals surface area contributed by atoms with E-state index >= 15 is 0 Å². The van der Waals surface area contributed by atoms with E-state index in [1.165, 1.54) is 49.2 Å². The Morgan fingerprint density at radius 1 is 0.700 bits per heavy atom. The number of nitrogens with one attached hydrogen (secondary N) is 2. The molecule has 0 aliphatic carbocycles. The van der Waals surface area contributed by atoms with E-state index in [4.69, 9.17) is 4.99 Å². The Morgan fingerprint density at radius 3 is 2.53 bits per heavy atom. The summed E-state index contributed by atoms with van der Waals surface area (Å²) in [7, 11) is 0. The summed E-state index contributed by atoms with van der Waals surface area (Å²) in [6.07, 6.45) is -0.00318. The maximum Gasteiger partial charge on any atom is 0.148 e. The number of hydrogen-bond donors (Lipinski definition) is 2. The molecule has 0 saturated heterocycles. The lowest BCUT2D eigenvalue weighted by Crippen LogP contribution is -2.24. The quantitative estimate of drug-likeness (QED) is 0.309. The van der Waals surface area contributed by atoms with E-state index in [0.29, 0.717) is 0 Å². The topological polar surface area (TPSA) is 45.1 Å². The molecule has 4 aromatic carbocycles. The largest absolute Gasteiger partial charge is 0.358 e. The molecule has 4 heterocycles. The van der Waals surface area contributed by atoms with E-state index in [-0.39, 0.29) is 6.17 Å². The number of aromatic amines is 1. The maximum atomic E-state index is 5.08. The Balaban J connectivity index is 1.60. The van der Waals surface area contributed by atoms with Gasteiger partial charge in [-0.05, 0) is 24.3 Å². The molecular weight excluding hydrogens is 368 g/mol. The number of aromatic nitrogens is 2. The third-order valence-electron chi connectivity index (χ3n) is 6.68. The molecule has 0 fully saturated rings. The maximum absolute atomic E-state index is 5.08. The van der Waals surface area contributed by atoms with Crippen LogP contribution < -0.4 is 5.32 Å². The van der Waals surface area contributed by atoms with Crippen LogP contribution in [0.4, 0.5) is 11.4 Å². The summed E-state index contributed by atoms with van der Waals surface area (Å²) >= 11 is 0. The van der Waals surface area contributed by atoms with Gasteiger partial charge >= 0.3 is 0 Å². The molecule has 2 aliphatic heterocycles. The van der Waals surface area contributed by atoms with Gasteiger partial charge in [-0.1, -0.05) is 54.6 Å². The molecule has 4 nitrogen and oxygen atoms in total. The van der Waals surface area contributed by atoms with Crippen molar-refractivity contribution >= 4 is 60.7 Å². The number of fused-ring (bicyclic) bond motifs is 11. The van der Waals surface area contributed by atoms with E-state index in [1.807, 2.05) is 6.07 Å². The van der Waals surface area contributed by atoms with Crippen LogP contribution in [0.3, 0.4) is 0 Å². The van der Waals surface area contributed by atoms with Gasteiger partial charge in [0.05, 0.1) is 28.1 Å². The summed E-state index contributed by atoms with van der Waals surface area (Å²) in [5.74, 6) is 0. The van der Waals surface area contributed by atoms with Crippen LogP contribution in [0.2, 0.25) is 0 Å². The molecule has 0 amide bonds. The smallest absolute Gasteiger partial charge is 0.148 e. The zero-order valence-corrected chi connectivity index (χ0v) is 16.0. The van der Waals surface area contributed by atoms with Gasteiger partial charge in [-0.25, -0.2) is 4.99 Å². The lowest BCUT2D eigenvalue weighted by atomic mass is 10.0. The van der Waals surface area contributed by atoms with Crippen LogP contribution in [0.15, 0.2) is 83.9 Å². The highest BCUT2D eigenvalue weighted by Crippen LogP contribution is 2.47. The van der Waals surface area contributed by atoms with E-state index in [9.17, 15) is 0 Å². The van der Waals surface area contributed by atoms with Gasteiger partial charge in [0, 0.05) is 38.1 Å². The number of benzene rings is 4. The Morgan fingerprint density at radius 2 is 1.53 bits per heavy atom. The van der Waals surface area contributed by atoms with Crippen LogP contribution in [0.1, 0.15) is 11.7 Å². The van der Waals surface area contributed by atoms with Crippen molar-refractivity contribution in [2.45, 2.75) is 6.17 Å². The van der Waals surface area contributed by atoms with Gasteiger partial charge in [-0.15, -0.1) is 0 Å². The number of rotatable bonds is 0. The lowest BCUT2D eigenvalue weighted by molar-refractivity contribution is 0.781. The first-order chi connectivity index (χ1) is 14.9. The molecule has 0 radical (unpaired) electrons. The average molecular weight is 384 g/mol. The predicted molar refractivity (Wildman–Crippen MR) is 124 cm³/mol. The third kappa shape index (κ3) is 1.59. The number of aliphatic imine (C=N–C) groups is 1. The van der Waals surface area contributed by atoms with Crippen molar-refractivity contribution in [1.82, 2.24) is 9.55 Å². The van der Waals surface area contributed by atoms with E-state index < -0.39 is 0 Å². The molecule has 0 spiro atoms. The van der Waals surface area contributed by atoms with Crippen LogP contribution in [-0.4, -0.2) is 15.3 Å². The average Bonchev–Trinajstić information content (AvgIpc) is 3.43. The first-order valence-electron chi connectivity index (χ1n) is 10.3. The summed E-state index contributed by atoms with van der Waals surface area (Å²) in [4.78, 5) is 8.69. The molecule has 30 heavy (non-hydrogen) atoms. The van der Waals surface area contributed by atoms with Gasteiger partial charge in [-0.2, -0.15) is 0 Å². The van der Waals surface area contributed by atoms with Gasteiger partial charge in [0.1, 0.15) is 6.17 Å².